The van der Waals surface area contributed by atoms with Crippen molar-refractivity contribution < 1.29 is 14.7 Å². The molecular weight excluding hydrogens is 268 g/mol. The molecule has 21 heavy (non-hydrogen) atoms. The lowest BCUT2D eigenvalue weighted by Gasteiger charge is -2.17. The molecule has 0 aliphatic carbocycles. The van der Waals surface area contributed by atoms with Gasteiger partial charge in [0.1, 0.15) is 0 Å². The van der Waals surface area contributed by atoms with Crippen LogP contribution >= 0.6 is 0 Å². The van der Waals surface area contributed by atoms with Gasteiger partial charge in [-0.1, -0.05) is 19.1 Å². The largest absolute Gasteiger partial charge is 0.481 e. The minimum absolute atomic E-state index is 0.00476. The van der Waals surface area contributed by atoms with Crippen LogP contribution in [0.2, 0.25) is 0 Å². The molecule has 1 aromatic carbocycles. The van der Waals surface area contributed by atoms with E-state index in [2.05, 4.69) is 5.32 Å². The van der Waals surface area contributed by atoms with E-state index >= 15 is 0 Å². The summed E-state index contributed by atoms with van der Waals surface area (Å²) in [6.07, 6.45) is 2.53. The quantitative estimate of drug-likeness (QED) is 0.771. The highest BCUT2D eigenvalue weighted by Crippen LogP contribution is 2.24. The SMILES string of the molecule is CC(CC(=O)O)CC(N)c1ccc2c(c1)C(=O)NCCC2. The number of aryl methyl sites for hydroxylation is 1. The summed E-state index contributed by atoms with van der Waals surface area (Å²) in [7, 11) is 0. The first kappa shape index (κ1) is 15.5. The number of hydrogen-bond donors (Lipinski definition) is 3. The molecule has 0 bridgehead atoms. The van der Waals surface area contributed by atoms with Crippen LogP contribution in [0.25, 0.3) is 0 Å². The van der Waals surface area contributed by atoms with Crippen LogP contribution < -0.4 is 11.1 Å². The Bertz CT molecular complexity index is 542. The predicted molar refractivity (Wildman–Crippen MR) is 80.1 cm³/mol. The number of amides is 1. The average molecular weight is 290 g/mol. The summed E-state index contributed by atoms with van der Waals surface area (Å²) in [5, 5.41) is 11.7. The second-order valence-corrected chi connectivity index (χ2v) is 5.82. The van der Waals surface area contributed by atoms with Crippen molar-refractivity contribution in [1.82, 2.24) is 5.32 Å². The first-order valence-corrected chi connectivity index (χ1v) is 7.35. The van der Waals surface area contributed by atoms with Gasteiger partial charge in [0.15, 0.2) is 0 Å². The molecule has 0 saturated carbocycles. The Kier molecular flexibility index (Phi) is 4.96. The molecule has 0 aromatic heterocycles. The standard InChI is InChI=1S/C16H22N2O3/c1-10(8-15(19)20)7-14(17)12-5-4-11-3-2-6-18-16(21)13(11)9-12/h4-5,9-10,14H,2-3,6-8,17H2,1H3,(H,18,21)(H,19,20). The third-order valence-electron chi connectivity index (χ3n) is 3.89. The second kappa shape index (κ2) is 6.72. The van der Waals surface area contributed by atoms with Crippen molar-refractivity contribution in [3.63, 3.8) is 0 Å². The minimum Gasteiger partial charge on any atom is -0.481 e. The third kappa shape index (κ3) is 4.04. The first-order chi connectivity index (χ1) is 9.97. The number of carboxylic acid groups (broad SMARTS) is 1. The van der Waals surface area contributed by atoms with E-state index in [0.29, 0.717) is 18.5 Å². The maximum atomic E-state index is 12.0. The Morgan fingerprint density at radius 2 is 2.24 bits per heavy atom. The molecule has 2 unspecified atom stereocenters. The summed E-state index contributed by atoms with van der Waals surface area (Å²) in [6, 6.07) is 5.53. The fourth-order valence-electron chi connectivity index (χ4n) is 2.78. The van der Waals surface area contributed by atoms with Crippen LogP contribution in [0.5, 0.6) is 0 Å². The first-order valence-electron chi connectivity index (χ1n) is 7.35. The van der Waals surface area contributed by atoms with Gasteiger partial charge in [-0.3, -0.25) is 9.59 Å². The number of aliphatic carboxylic acids is 1. The molecule has 1 heterocycles. The molecule has 0 fully saturated rings. The van der Waals surface area contributed by atoms with Gasteiger partial charge in [-0.25, -0.2) is 0 Å². The van der Waals surface area contributed by atoms with E-state index in [4.69, 9.17) is 10.8 Å². The Balaban J connectivity index is 2.13. The molecule has 5 nitrogen and oxygen atoms in total. The molecule has 0 saturated heterocycles. The molecule has 114 valence electrons. The number of fused-ring (bicyclic) bond motifs is 1. The number of nitrogens with two attached hydrogens (primary N) is 1. The van der Waals surface area contributed by atoms with Crippen LogP contribution in [0.3, 0.4) is 0 Å². The van der Waals surface area contributed by atoms with Crippen molar-refractivity contribution in [2.45, 2.75) is 38.6 Å². The number of nitrogens with one attached hydrogen (secondary N) is 1. The van der Waals surface area contributed by atoms with Gasteiger partial charge in [0.25, 0.3) is 5.91 Å². The summed E-state index contributed by atoms with van der Waals surface area (Å²) in [5.41, 5.74) is 8.81. The fourth-order valence-corrected chi connectivity index (χ4v) is 2.78. The second-order valence-electron chi connectivity index (χ2n) is 5.82. The normalized spacial score (nSPS) is 17.3. The third-order valence-corrected chi connectivity index (χ3v) is 3.89. The summed E-state index contributed by atoms with van der Waals surface area (Å²) < 4.78 is 0. The van der Waals surface area contributed by atoms with Crippen LogP contribution in [-0.2, 0) is 11.2 Å². The Morgan fingerprint density at radius 1 is 1.48 bits per heavy atom. The molecule has 0 radical (unpaired) electrons. The lowest BCUT2D eigenvalue weighted by molar-refractivity contribution is -0.138. The zero-order valence-corrected chi connectivity index (χ0v) is 12.3. The molecule has 2 atom stereocenters. The van der Waals surface area contributed by atoms with E-state index in [0.717, 1.165) is 24.0 Å². The van der Waals surface area contributed by atoms with Gasteiger partial charge < -0.3 is 16.2 Å². The lowest BCUT2D eigenvalue weighted by Crippen LogP contribution is -2.23. The fraction of sp³-hybridized carbons (Fsp3) is 0.500. The van der Waals surface area contributed by atoms with E-state index in [1.807, 2.05) is 25.1 Å². The number of hydrogen-bond acceptors (Lipinski definition) is 3. The van der Waals surface area contributed by atoms with E-state index in [1.165, 1.54) is 0 Å². The summed E-state index contributed by atoms with van der Waals surface area (Å²) in [6.45, 7) is 2.58. The number of carbonyl (C=O) groups is 2. The van der Waals surface area contributed by atoms with E-state index in [9.17, 15) is 9.59 Å². The van der Waals surface area contributed by atoms with Crippen molar-refractivity contribution in [3.8, 4) is 0 Å². The molecule has 5 heteroatoms. The molecule has 1 amide bonds. The molecule has 2 rings (SSSR count). The maximum absolute atomic E-state index is 12.0. The molecule has 0 spiro atoms. The Morgan fingerprint density at radius 3 is 2.95 bits per heavy atom. The maximum Gasteiger partial charge on any atom is 0.303 e. The zero-order chi connectivity index (χ0) is 15.4. The molecular formula is C16H22N2O3. The van der Waals surface area contributed by atoms with E-state index in [1.54, 1.807) is 0 Å². The Hall–Kier alpha value is -1.88. The van der Waals surface area contributed by atoms with Crippen molar-refractivity contribution in [1.29, 1.82) is 0 Å². The van der Waals surface area contributed by atoms with Gasteiger partial charge in [0, 0.05) is 24.6 Å². The highest BCUT2D eigenvalue weighted by atomic mass is 16.4. The summed E-state index contributed by atoms with van der Waals surface area (Å²) in [4.78, 5) is 22.7. The van der Waals surface area contributed by atoms with Crippen molar-refractivity contribution in [2.75, 3.05) is 6.54 Å². The van der Waals surface area contributed by atoms with Gasteiger partial charge in [0.05, 0.1) is 0 Å². The lowest BCUT2D eigenvalue weighted by atomic mass is 9.91. The predicted octanol–water partition coefficient (Wildman–Crippen LogP) is 1.86. The average Bonchev–Trinajstić information content (AvgIpc) is 2.59. The molecule has 4 N–H and O–H groups in total. The summed E-state index contributed by atoms with van der Waals surface area (Å²) >= 11 is 0. The zero-order valence-electron chi connectivity index (χ0n) is 12.3. The van der Waals surface area contributed by atoms with Crippen LogP contribution in [0.4, 0.5) is 0 Å². The van der Waals surface area contributed by atoms with Gasteiger partial charge in [0.2, 0.25) is 0 Å². The number of carbonyl (C=O) groups excluding carboxylic acids is 1. The monoisotopic (exact) mass is 290 g/mol. The van der Waals surface area contributed by atoms with Gasteiger partial charge >= 0.3 is 5.97 Å². The van der Waals surface area contributed by atoms with Crippen LogP contribution in [0, 0.1) is 5.92 Å². The van der Waals surface area contributed by atoms with Gasteiger partial charge in [-0.2, -0.15) is 0 Å². The number of rotatable bonds is 5. The van der Waals surface area contributed by atoms with Crippen LogP contribution in [0.1, 0.15) is 53.7 Å². The van der Waals surface area contributed by atoms with Crippen LogP contribution in [-0.4, -0.2) is 23.5 Å². The van der Waals surface area contributed by atoms with Crippen molar-refractivity contribution >= 4 is 11.9 Å². The number of carboxylic acids is 1. The highest BCUT2D eigenvalue weighted by molar-refractivity contribution is 5.96. The molecule has 1 aliphatic heterocycles. The topological polar surface area (TPSA) is 92.4 Å². The van der Waals surface area contributed by atoms with Gasteiger partial charge in [-0.05, 0) is 42.4 Å². The Labute approximate surface area is 124 Å². The van der Waals surface area contributed by atoms with E-state index in [-0.39, 0.29) is 24.3 Å². The highest BCUT2D eigenvalue weighted by Gasteiger charge is 2.19. The van der Waals surface area contributed by atoms with Gasteiger partial charge in [-0.15, -0.1) is 0 Å². The van der Waals surface area contributed by atoms with Crippen molar-refractivity contribution in [2.24, 2.45) is 11.7 Å². The minimum atomic E-state index is -0.809. The molecule has 1 aromatic rings. The molecule has 1 aliphatic rings. The van der Waals surface area contributed by atoms with E-state index < -0.39 is 5.97 Å². The van der Waals surface area contributed by atoms with Crippen LogP contribution in [0.15, 0.2) is 18.2 Å². The number of benzene rings is 1. The summed E-state index contributed by atoms with van der Waals surface area (Å²) in [5.74, 6) is -0.851. The van der Waals surface area contributed by atoms with Crippen molar-refractivity contribution in [3.05, 3.63) is 34.9 Å². The smallest absolute Gasteiger partial charge is 0.303 e.